The van der Waals surface area contributed by atoms with Crippen molar-refractivity contribution in [3.05, 3.63) is 99.2 Å². The molecule has 4 aromatic rings. The molecule has 5 rings (SSSR count). The Morgan fingerprint density at radius 1 is 1.27 bits per heavy atom. The number of methoxy groups -OCH3 is 1. The summed E-state index contributed by atoms with van der Waals surface area (Å²) in [7, 11) is 1.55. The number of esters is 1. The maximum atomic E-state index is 13.8. The van der Waals surface area contributed by atoms with Crippen LogP contribution in [0.1, 0.15) is 36.9 Å². The molecule has 206 valence electrons. The number of furan rings is 1. The fourth-order valence-electron chi connectivity index (χ4n) is 4.25. The summed E-state index contributed by atoms with van der Waals surface area (Å²) in [5, 5.41) is 0.841. The zero-order chi connectivity index (χ0) is 28.6. The smallest absolute Gasteiger partial charge is 0.338 e. The zero-order valence-electron chi connectivity index (χ0n) is 21.8. The number of thiazole rings is 1. The number of nitrogens with zero attached hydrogens (tertiary/aromatic N) is 3. The van der Waals surface area contributed by atoms with Gasteiger partial charge in [-0.2, -0.15) is 0 Å². The molecule has 0 radical (unpaired) electrons. The van der Waals surface area contributed by atoms with Crippen LogP contribution in [0.3, 0.4) is 0 Å². The van der Waals surface area contributed by atoms with E-state index >= 15 is 0 Å². The van der Waals surface area contributed by atoms with Gasteiger partial charge >= 0.3 is 5.97 Å². The van der Waals surface area contributed by atoms with E-state index in [9.17, 15) is 14.4 Å². The molecule has 0 unspecified atom stereocenters. The summed E-state index contributed by atoms with van der Waals surface area (Å²) in [6.45, 7) is 5.37. The largest absolute Gasteiger partial charge is 0.497 e. The second-order valence-corrected chi connectivity index (χ2v) is 11.5. The van der Waals surface area contributed by atoms with Crippen LogP contribution in [0.5, 0.6) is 5.75 Å². The lowest BCUT2D eigenvalue weighted by atomic mass is 9.95. The van der Waals surface area contributed by atoms with Crippen molar-refractivity contribution in [2.24, 2.45) is 4.99 Å². The highest BCUT2D eigenvalue weighted by atomic mass is 79.9. The van der Waals surface area contributed by atoms with Gasteiger partial charge in [-0.05, 0) is 72.2 Å². The number of carbonyl (C=O) groups excluding carboxylic acids is 1. The fourth-order valence-corrected chi connectivity index (χ4v) is 6.63. The van der Waals surface area contributed by atoms with Crippen LogP contribution in [0.2, 0.25) is 0 Å². The topological polar surface area (TPSA) is 129 Å². The minimum atomic E-state index is -0.758. The number of halogens is 1. The molecule has 0 amide bonds. The molecule has 3 aromatic heterocycles. The number of allylic oxidation sites excluding steroid dienone is 1. The molecule has 0 saturated heterocycles. The third kappa shape index (κ3) is 5.49. The molecule has 10 nitrogen and oxygen atoms in total. The molecule has 0 saturated carbocycles. The third-order valence-corrected chi connectivity index (χ3v) is 8.62. The maximum absolute atomic E-state index is 13.8. The van der Waals surface area contributed by atoms with Crippen molar-refractivity contribution in [2.45, 2.75) is 37.1 Å². The van der Waals surface area contributed by atoms with Crippen molar-refractivity contribution in [2.75, 3.05) is 13.7 Å². The summed E-state index contributed by atoms with van der Waals surface area (Å²) in [5.74, 6) is 0.464. The second-order valence-electron chi connectivity index (χ2n) is 8.66. The number of hydrogen-bond donors (Lipinski definition) is 1. The summed E-state index contributed by atoms with van der Waals surface area (Å²) in [5.41, 5.74) is 1.42. The van der Waals surface area contributed by atoms with Crippen LogP contribution < -0.4 is 25.2 Å². The molecular formula is C27H23BrN4O6S2. The number of benzene rings is 1. The van der Waals surface area contributed by atoms with Crippen LogP contribution in [0.4, 0.5) is 0 Å². The zero-order valence-corrected chi connectivity index (χ0v) is 25.0. The number of H-pyrrole nitrogens is 1. The fraction of sp³-hybridized carbons (Fsp3) is 0.222. The number of nitrogens with one attached hydrogen (secondary N) is 1. The molecule has 1 aromatic carbocycles. The Morgan fingerprint density at radius 3 is 2.80 bits per heavy atom. The molecular weight excluding hydrogens is 620 g/mol. The molecule has 1 atom stereocenters. The van der Waals surface area contributed by atoms with Gasteiger partial charge in [0.05, 0.1) is 40.0 Å². The monoisotopic (exact) mass is 642 g/mol. The van der Waals surface area contributed by atoms with Crippen LogP contribution in [-0.4, -0.2) is 34.2 Å². The van der Waals surface area contributed by atoms with Crippen LogP contribution in [0, 0.1) is 6.92 Å². The number of hydrogen-bond acceptors (Lipinski definition) is 10. The molecule has 0 bridgehead atoms. The second kappa shape index (κ2) is 11.4. The minimum absolute atomic E-state index is 0.185. The van der Waals surface area contributed by atoms with Crippen LogP contribution >= 0.6 is 39.0 Å². The summed E-state index contributed by atoms with van der Waals surface area (Å²) in [6, 6.07) is 9.59. The molecule has 0 spiro atoms. The van der Waals surface area contributed by atoms with Crippen LogP contribution in [0.25, 0.3) is 6.08 Å². The quantitative estimate of drug-likeness (QED) is 0.239. The van der Waals surface area contributed by atoms with E-state index in [1.807, 2.05) is 6.07 Å². The van der Waals surface area contributed by atoms with E-state index in [4.69, 9.17) is 13.9 Å². The lowest BCUT2D eigenvalue weighted by Crippen LogP contribution is -2.39. The standard InChI is InChI=1S/C27H23BrN4O6S2/c1-5-37-24(35)21-14(3)30-27-32(22(21)15-7-6-8-16(10-15)36-4)23(34)19(39-27)12-17-11-18(28)25(38-17)40-26-29-13(2)9-20(33)31-26/h6-12,22H,5H2,1-4H3,(H,29,31,33)/b19-12+/t22-/m0/s1. The highest BCUT2D eigenvalue weighted by Gasteiger charge is 2.33. The van der Waals surface area contributed by atoms with Gasteiger partial charge in [-0.15, -0.1) is 0 Å². The van der Waals surface area contributed by atoms with E-state index in [0.717, 1.165) is 11.8 Å². The summed E-state index contributed by atoms with van der Waals surface area (Å²) in [4.78, 5) is 50.7. The van der Waals surface area contributed by atoms with Gasteiger partial charge < -0.3 is 18.9 Å². The lowest BCUT2D eigenvalue weighted by Gasteiger charge is -2.24. The van der Waals surface area contributed by atoms with Gasteiger partial charge in [0.2, 0.25) is 0 Å². The third-order valence-electron chi connectivity index (χ3n) is 5.91. The van der Waals surface area contributed by atoms with Gasteiger partial charge in [0.25, 0.3) is 11.1 Å². The van der Waals surface area contributed by atoms with E-state index in [2.05, 4.69) is 30.9 Å². The van der Waals surface area contributed by atoms with Gasteiger partial charge in [0.15, 0.2) is 15.1 Å². The van der Waals surface area contributed by atoms with E-state index in [1.165, 1.54) is 22.0 Å². The first-order valence-electron chi connectivity index (χ1n) is 12.1. The number of ether oxygens (including phenoxy) is 2. The number of fused-ring (bicyclic) bond motifs is 1. The van der Waals surface area contributed by atoms with Crippen molar-refractivity contribution < 1.29 is 18.7 Å². The Labute approximate surface area is 244 Å². The summed E-state index contributed by atoms with van der Waals surface area (Å²) < 4.78 is 19.2. The predicted octanol–water partition coefficient (Wildman–Crippen LogP) is 3.71. The average Bonchev–Trinajstić information content (AvgIpc) is 3.40. The van der Waals surface area contributed by atoms with Crippen LogP contribution in [0.15, 0.2) is 81.4 Å². The normalized spacial score (nSPS) is 15.1. The van der Waals surface area contributed by atoms with E-state index in [-0.39, 0.29) is 23.3 Å². The number of aromatic nitrogens is 3. The lowest BCUT2D eigenvalue weighted by molar-refractivity contribution is -0.139. The van der Waals surface area contributed by atoms with Crippen molar-refractivity contribution in [3.63, 3.8) is 0 Å². The van der Waals surface area contributed by atoms with Crippen molar-refractivity contribution in [1.82, 2.24) is 14.5 Å². The Kier molecular flexibility index (Phi) is 7.97. The van der Waals surface area contributed by atoms with Gasteiger partial charge in [0, 0.05) is 17.8 Å². The Hall–Kier alpha value is -3.68. The minimum Gasteiger partial charge on any atom is -0.497 e. The first-order valence-corrected chi connectivity index (χ1v) is 14.5. The predicted molar refractivity (Wildman–Crippen MR) is 154 cm³/mol. The van der Waals surface area contributed by atoms with Crippen molar-refractivity contribution >= 4 is 51.1 Å². The molecule has 40 heavy (non-hydrogen) atoms. The molecule has 1 aliphatic rings. The van der Waals surface area contributed by atoms with Crippen molar-refractivity contribution in [3.8, 4) is 5.75 Å². The Balaban J connectivity index is 1.61. The number of carbonyl (C=O) groups is 1. The maximum Gasteiger partial charge on any atom is 0.338 e. The summed E-state index contributed by atoms with van der Waals surface area (Å²) in [6.07, 6.45) is 1.62. The molecule has 13 heteroatoms. The number of rotatable bonds is 7. The first-order chi connectivity index (χ1) is 19.2. The molecule has 0 fully saturated rings. The molecule has 1 N–H and O–H groups in total. The van der Waals surface area contributed by atoms with E-state index < -0.39 is 12.0 Å². The first kappa shape index (κ1) is 27.9. The molecule has 0 aliphatic carbocycles. The highest BCUT2D eigenvalue weighted by molar-refractivity contribution is 9.10. The van der Waals surface area contributed by atoms with Gasteiger partial charge in [0.1, 0.15) is 11.5 Å². The van der Waals surface area contributed by atoms with Gasteiger partial charge in [-0.25, -0.2) is 14.8 Å². The number of aromatic amines is 1. The highest BCUT2D eigenvalue weighted by Crippen LogP contribution is 2.35. The summed E-state index contributed by atoms with van der Waals surface area (Å²) >= 11 is 5.81. The van der Waals surface area contributed by atoms with Crippen molar-refractivity contribution in [1.29, 1.82) is 0 Å². The van der Waals surface area contributed by atoms with Gasteiger partial charge in [-0.1, -0.05) is 23.5 Å². The number of aryl methyl sites for hydroxylation is 1. The Bertz CT molecular complexity index is 1900. The van der Waals surface area contributed by atoms with Gasteiger partial charge in [-0.3, -0.25) is 14.2 Å². The van der Waals surface area contributed by atoms with E-state index in [1.54, 1.807) is 58.2 Å². The molecule has 1 aliphatic heterocycles. The average molecular weight is 644 g/mol. The Morgan fingerprint density at radius 2 is 2.08 bits per heavy atom. The van der Waals surface area contributed by atoms with Crippen LogP contribution in [-0.2, 0) is 9.53 Å². The SMILES string of the molecule is CCOC(=O)C1=C(C)N=c2s/c(=C/c3cc(Br)c(Sc4nc(C)cc(=O)[nH]4)o3)c(=O)n2[C@H]1c1cccc(OC)c1. The van der Waals surface area contributed by atoms with E-state index in [0.29, 0.717) is 52.5 Å². The molecule has 4 heterocycles.